The maximum absolute atomic E-state index is 14.5. The summed E-state index contributed by atoms with van der Waals surface area (Å²) in [6.07, 6.45) is 0. The van der Waals surface area contributed by atoms with Crippen molar-refractivity contribution in [2.24, 2.45) is 5.50 Å². The molecule has 4 N–H and O–H groups in total. The third-order valence-electron chi connectivity index (χ3n) is 4.77. The van der Waals surface area contributed by atoms with Crippen LogP contribution in [-0.2, 0) is 13.4 Å². The van der Waals surface area contributed by atoms with Gasteiger partial charge in [0.05, 0.1) is 12.6 Å². The molecule has 14 heteroatoms. The molecule has 0 amide bonds. The lowest BCUT2D eigenvalue weighted by atomic mass is 10.3. The number of methoxy groups -OCH3 is 1. The number of nitrogens with one attached hydrogen (secondary N) is 2. The first-order valence-electron chi connectivity index (χ1n) is 9.89. The molecule has 3 rings (SSSR count). The maximum Gasteiger partial charge on any atom is 0.386 e. The molecule has 2 atom stereocenters. The van der Waals surface area contributed by atoms with Gasteiger partial charge in [-0.15, -0.1) is 0 Å². The number of nitrogens with zero attached hydrogens (tertiary/aromatic N) is 3. The van der Waals surface area contributed by atoms with Gasteiger partial charge in [-0.3, -0.25) is 4.57 Å². The molecule has 0 radical (unpaired) electrons. The van der Waals surface area contributed by atoms with Gasteiger partial charge in [0.25, 0.3) is 0 Å². The molecule has 3 aromatic rings. The number of aromatic amines is 2. The summed E-state index contributed by atoms with van der Waals surface area (Å²) >= 11 is 11.1. The van der Waals surface area contributed by atoms with Crippen LogP contribution in [0, 0.1) is 9.54 Å². The number of benzene rings is 1. The summed E-state index contributed by atoms with van der Waals surface area (Å²) < 4.78 is 43.1. The summed E-state index contributed by atoms with van der Waals surface area (Å²) in [5.41, 5.74) is 7.24. The molecule has 2 bridgehead atoms. The van der Waals surface area contributed by atoms with Crippen LogP contribution in [0.5, 0.6) is 5.75 Å². The van der Waals surface area contributed by atoms with E-state index >= 15 is 0 Å². The molecule has 0 spiro atoms. The summed E-state index contributed by atoms with van der Waals surface area (Å²) in [5.74, 6) is 0.517. The van der Waals surface area contributed by atoms with Gasteiger partial charge in [-0.05, 0) is 36.6 Å². The predicted octanol–water partition coefficient (Wildman–Crippen LogP) is 5.05. The summed E-state index contributed by atoms with van der Waals surface area (Å²) in [4.78, 5) is 6.02. The van der Waals surface area contributed by atoms with Crippen molar-refractivity contribution in [2.75, 3.05) is 33.3 Å². The van der Waals surface area contributed by atoms with Gasteiger partial charge in [0.15, 0.2) is 9.54 Å². The van der Waals surface area contributed by atoms with Crippen LogP contribution in [0.2, 0.25) is 0 Å². The highest BCUT2D eigenvalue weighted by Gasteiger charge is 2.42. The van der Waals surface area contributed by atoms with Gasteiger partial charge in [0.2, 0.25) is 0 Å². The Morgan fingerprint density at radius 2 is 1.55 bits per heavy atom. The third kappa shape index (κ3) is 5.46. The summed E-state index contributed by atoms with van der Waals surface area (Å²) in [6.45, 7) is 8.55. The van der Waals surface area contributed by atoms with Crippen molar-refractivity contribution < 1.29 is 18.2 Å². The first-order chi connectivity index (χ1) is 14.6. The zero-order chi connectivity index (χ0) is 23.4. The van der Waals surface area contributed by atoms with E-state index in [2.05, 4.69) is 9.97 Å². The number of ether oxygens (including phenoxy) is 1. The second-order valence-electron chi connectivity index (χ2n) is 6.50. The Kier molecular flexibility index (Phi) is 9.01. The molecule has 0 aliphatic heterocycles. The minimum Gasteiger partial charge on any atom is -0.494 e. The minimum absolute atomic E-state index is 0.00182. The van der Waals surface area contributed by atoms with Crippen molar-refractivity contribution in [3.8, 4) is 5.75 Å². The van der Waals surface area contributed by atoms with Crippen molar-refractivity contribution in [3.63, 3.8) is 0 Å². The summed E-state index contributed by atoms with van der Waals surface area (Å²) in [5, 5.41) is 0. The van der Waals surface area contributed by atoms with Crippen molar-refractivity contribution >= 4 is 50.8 Å². The van der Waals surface area contributed by atoms with E-state index in [4.69, 9.17) is 39.0 Å². The first-order valence-corrected chi connectivity index (χ1v) is 13.9. The Bertz CT molecular complexity index is 1150. The van der Waals surface area contributed by atoms with E-state index in [0.29, 0.717) is 43.0 Å². The highest BCUT2D eigenvalue weighted by Crippen LogP contribution is 2.63. The smallest absolute Gasteiger partial charge is 0.386 e. The average molecular weight is 509 g/mol. The van der Waals surface area contributed by atoms with Crippen LogP contribution in [-0.4, -0.2) is 56.9 Å². The second-order valence-corrected chi connectivity index (χ2v) is 11.6. The number of rotatable bonds is 10. The van der Waals surface area contributed by atoms with Crippen molar-refractivity contribution in [1.82, 2.24) is 23.6 Å². The van der Waals surface area contributed by atoms with Crippen LogP contribution in [0.4, 0.5) is 0 Å². The van der Waals surface area contributed by atoms with Crippen molar-refractivity contribution in [3.05, 3.63) is 27.7 Å². The largest absolute Gasteiger partial charge is 0.494 e. The molecule has 0 fully saturated rings. The standard InChI is InChI=1S/C17H30N6O4P2S2/c1-6-21(7-2)28(18,24)27-29(25,22(8-3)9-4)23-16(30)19-13-10-11-14(20-17(23)31)15(12-13)26-5/h10-12H,6-9H2,1-5H3,(H2,18,24)(H,19,30)(H,20,31). The monoisotopic (exact) mass is 508 g/mol. The van der Waals surface area contributed by atoms with E-state index in [1.54, 1.807) is 45.9 Å². The Balaban J connectivity index is 2.93. The third-order valence-corrected chi connectivity index (χ3v) is 10.9. The van der Waals surface area contributed by atoms with Crippen LogP contribution in [0.25, 0.3) is 11.0 Å². The fourth-order valence-corrected chi connectivity index (χ4v) is 8.90. The molecule has 0 aliphatic rings. The number of H-pyrrole nitrogens is 2. The van der Waals surface area contributed by atoms with Crippen LogP contribution >= 0.6 is 39.8 Å². The molecule has 2 heterocycles. The minimum atomic E-state index is -4.13. The fourth-order valence-electron chi connectivity index (χ4n) is 3.16. The average Bonchev–Trinajstić information content (AvgIpc) is 2.78. The number of nitrogens with two attached hydrogens (primary N) is 1. The van der Waals surface area contributed by atoms with Gasteiger partial charge in [0.1, 0.15) is 5.75 Å². The van der Waals surface area contributed by atoms with E-state index in [0.717, 1.165) is 4.34 Å². The van der Waals surface area contributed by atoms with Gasteiger partial charge >= 0.3 is 15.3 Å². The van der Waals surface area contributed by atoms with Gasteiger partial charge in [-0.2, -0.15) is 0 Å². The molecule has 31 heavy (non-hydrogen) atoms. The second kappa shape index (κ2) is 10.7. The van der Waals surface area contributed by atoms with E-state index in [9.17, 15) is 9.13 Å². The molecule has 0 saturated carbocycles. The van der Waals surface area contributed by atoms with Crippen molar-refractivity contribution in [1.29, 1.82) is 0 Å². The lowest BCUT2D eigenvalue weighted by molar-refractivity contribution is 0.323. The fraction of sp³-hybridized carbons (Fsp3) is 0.529. The zero-order valence-corrected chi connectivity index (χ0v) is 21.7. The topological polar surface area (TPSA) is 122 Å². The SMILES string of the molecule is CCN(CC)P(N)(=O)OP(=O)(N(CC)CC)n1c(=S)[nH]c2ccc([nH]c1=S)c(OC)c2. The molecule has 10 nitrogen and oxygen atoms in total. The molecule has 174 valence electrons. The quantitative estimate of drug-likeness (QED) is 0.299. The number of aromatic nitrogens is 3. The summed E-state index contributed by atoms with van der Waals surface area (Å²) in [7, 11) is -6.55. The molecular formula is C17H30N6O4P2S2. The van der Waals surface area contributed by atoms with Crippen LogP contribution in [0.1, 0.15) is 27.7 Å². The van der Waals surface area contributed by atoms with E-state index in [1.165, 1.54) is 16.5 Å². The van der Waals surface area contributed by atoms with Gasteiger partial charge in [0, 0.05) is 37.8 Å². The molecular weight excluding hydrogens is 478 g/mol. The predicted molar refractivity (Wildman–Crippen MR) is 129 cm³/mol. The molecule has 0 saturated heterocycles. The lowest BCUT2D eigenvalue weighted by Crippen LogP contribution is -2.30. The molecule has 2 aromatic heterocycles. The number of hydrogen-bond acceptors (Lipinski definition) is 6. The van der Waals surface area contributed by atoms with Gasteiger partial charge in [-0.1, -0.05) is 27.7 Å². The van der Waals surface area contributed by atoms with E-state index in [1.807, 2.05) is 0 Å². The van der Waals surface area contributed by atoms with Crippen LogP contribution < -0.4 is 10.2 Å². The summed E-state index contributed by atoms with van der Waals surface area (Å²) in [6, 6.07) is 5.26. The Morgan fingerprint density at radius 1 is 1.00 bits per heavy atom. The number of hydrogen-bond donors (Lipinski definition) is 3. The maximum atomic E-state index is 14.5. The Hall–Kier alpha value is -1.10. The van der Waals surface area contributed by atoms with E-state index in [-0.39, 0.29) is 9.54 Å². The Labute approximate surface area is 192 Å². The van der Waals surface area contributed by atoms with Gasteiger partial charge in [-0.25, -0.2) is 28.1 Å². The zero-order valence-electron chi connectivity index (χ0n) is 18.3. The normalized spacial score (nSPS) is 15.7. The van der Waals surface area contributed by atoms with Gasteiger partial charge < -0.3 is 14.7 Å². The highest BCUT2D eigenvalue weighted by molar-refractivity contribution is 7.73. The molecule has 0 aliphatic carbocycles. The molecule has 2 unspecified atom stereocenters. The lowest BCUT2D eigenvalue weighted by Gasteiger charge is -2.34. The number of fused-ring (bicyclic) bond motifs is 6. The van der Waals surface area contributed by atoms with Crippen LogP contribution in [0.3, 0.4) is 0 Å². The highest BCUT2D eigenvalue weighted by atomic mass is 32.1. The van der Waals surface area contributed by atoms with Crippen LogP contribution in [0.15, 0.2) is 18.2 Å². The molecule has 1 aromatic carbocycles. The van der Waals surface area contributed by atoms with E-state index < -0.39 is 15.3 Å². The first kappa shape index (κ1) is 26.2. The van der Waals surface area contributed by atoms with Crippen molar-refractivity contribution in [2.45, 2.75) is 27.7 Å². The Morgan fingerprint density at radius 3 is 2.06 bits per heavy atom.